The molecular formula is C19H24N2O3. The van der Waals surface area contributed by atoms with Gasteiger partial charge in [-0.05, 0) is 35.7 Å². The SMILES string of the molecule is COc1ccc(N)c(NC(=O)CCOc2ccc(C(C)C)cc2)c1. The molecule has 1 amide bonds. The van der Waals surface area contributed by atoms with Gasteiger partial charge in [0.2, 0.25) is 5.91 Å². The first kappa shape index (κ1) is 17.7. The zero-order valence-electron chi connectivity index (χ0n) is 14.3. The van der Waals surface area contributed by atoms with Crippen molar-refractivity contribution in [2.45, 2.75) is 26.2 Å². The summed E-state index contributed by atoms with van der Waals surface area (Å²) < 4.78 is 10.7. The molecule has 0 unspecified atom stereocenters. The summed E-state index contributed by atoms with van der Waals surface area (Å²) in [6.45, 7) is 4.59. The molecule has 24 heavy (non-hydrogen) atoms. The fourth-order valence-electron chi connectivity index (χ4n) is 2.19. The number of amides is 1. The van der Waals surface area contributed by atoms with Gasteiger partial charge in [0.05, 0.1) is 31.5 Å². The minimum absolute atomic E-state index is 0.159. The van der Waals surface area contributed by atoms with Crippen molar-refractivity contribution < 1.29 is 14.3 Å². The first-order chi connectivity index (χ1) is 11.5. The quantitative estimate of drug-likeness (QED) is 0.758. The highest BCUT2D eigenvalue weighted by Crippen LogP contribution is 2.24. The molecular weight excluding hydrogens is 304 g/mol. The minimum atomic E-state index is -0.159. The number of ether oxygens (including phenoxy) is 2. The molecule has 0 aromatic heterocycles. The average molecular weight is 328 g/mol. The number of carbonyl (C=O) groups is 1. The van der Waals surface area contributed by atoms with E-state index in [0.29, 0.717) is 29.6 Å². The number of hydrogen-bond donors (Lipinski definition) is 2. The van der Waals surface area contributed by atoms with Gasteiger partial charge in [0.15, 0.2) is 0 Å². The first-order valence-corrected chi connectivity index (χ1v) is 7.95. The van der Waals surface area contributed by atoms with Crippen molar-refractivity contribution in [1.82, 2.24) is 0 Å². The smallest absolute Gasteiger partial charge is 0.227 e. The molecule has 0 radical (unpaired) electrons. The standard InChI is InChI=1S/C19H24N2O3/c1-13(2)14-4-6-15(7-5-14)24-11-10-19(22)21-18-12-16(23-3)8-9-17(18)20/h4-9,12-13H,10-11,20H2,1-3H3,(H,21,22). The normalized spacial score (nSPS) is 10.5. The Morgan fingerprint density at radius 1 is 1.12 bits per heavy atom. The van der Waals surface area contributed by atoms with E-state index in [1.807, 2.05) is 24.3 Å². The predicted octanol–water partition coefficient (Wildman–Crippen LogP) is 3.81. The van der Waals surface area contributed by atoms with Gasteiger partial charge in [-0.1, -0.05) is 26.0 Å². The van der Waals surface area contributed by atoms with E-state index in [-0.39, 0.29) is 12.3 Å². The number of hydrogen-bond acceptors (Lipinski definition) is 4. The second-order valence-electron chi connectivity index (χ2n) is 5.82. The second kappa shape index (κ2) is 8.24. The highest BCUT2D eigenvalue weighted by Gasteiger charge is 2.07. The summed E-state index contributed by atoms with van der Waals surface area (Å²) in [6, 6.07) is 13.1. The van der Waals surface area contributed by atoms with Crippen LogP contribution < -0.4 is 20.5 Å². The Morgan fingerprint density at radius 2 is 1.79 bits per heavy atom. The molecule has 2 aromatic carbocycles. The molecule has 128 valence electrons. The van der Waals surface area contributed by atoms with Crippen molar-refractivity contribution in [2.75, 3.05) is 24.8 Å². The average Bonchev–Trinajstić information content (AvgIpc) is 2.57. The molecule has 5 nitrogen and oxygen atoms in total. The fraction of sp³-hybridized carbons (Fsp3) is 0.316. The Kier molecular flexibility index (Phi) is 6.07. The molecule has 2 rings (SSSR count). The third-order valence-electron chi connectivity index (χ3n) is 3.68. The topological polar surface area (TPSA) is 73.6 Å². The van der Waals surface area contributed by atoms with Gasteiger partial charge in [-0.2, -0.15) is 0 Å². The third kappa shape index (κ3) is 4.91. The van der Waals surface area contributed by atoms with E-state index >= 15 is 0 Å². The van der Waals surface area contributed by atoms with E-state index in [1.54, 1.807) is 25.3 Å². The van der Waals surface area contributed by atoms with Crippen LogP contribution in [0.2, 0.25) is 0 Å². The number of carbonyl (C=O) groups excluding carboxylic acids is 1. The molecule has 2 aromatic rings. The Bertz CT molecular complexity index is 682. The predicted molar refractivity (Wildman–Crippen MR) is 96.7 cm³/mol. The van der Waals surface area contributed by atoms with Crippen LogP contribution >= 0.6 is 0 Å². The molecule has 0 saturated carbocycles. The van der Waals surface area contributed by atoms with Crippen LogP contribution in [0.4, 0.5) is 11.4 Å². The van der Waals surface area contributed by atoms with Gasteiger partial charge in [-0.3, -0.25) is 4.79 Å². The summed E-state index contributed by atoms with van der Waals surface area (Å²) in [7, 11) is 1.57. The molecule has 0 spiro atoms. The number of nitrogens with one attached hydrogen (secondary N) is 1. The molecule has 0 saturated heterocycles. The number of methoxy groups -OCH3 is 1. The van der Waals surface area contributed by atoms with Crippen LogP contribution in [0.3, 0.4) is 0 Å². The lowest BCUT2D eigenvalue weighted by Gasteiger charge is -2.11. The molecule has 0 aliphatic rings. The number of anilines is 2. The molecule has 0 bridgehead atoms. The van der Waals surface area contributed by atoms with E-state index in [0.717, 1.165) is 5.75 Å². The van der Waals surface area contributed by atoms with E-state index in [2.05, 4.69) is 19.2 Å². The van der Waals surface area contributed by atoms with Crippen LogP contribution in [0.1, 0.15) is 31.7 Å². The van der Waals surface area contributed by atoms with E-state index in [9.17, 15) is 4.79 Å². The van der Waals surface area contributed by atoms with Gasteiger partial charge in [-0.15, -0.1) is 0 Å². The van der Waals surface area contributed by atoms with Gasteiger partial charge in [0, 0.05) is 6.07 Å². The van der Waals surface area contributed by atoms with Crippen LogP contribution in [-0.2, 0) is 4.79 Å². The molecule has 0 heterocycles. The van der Waals surface area contributed by atoms with E-state index < -0.39 is 0 Å². The lowest BCUT2D eigenvalue weighted by molar-refractivity contribution is -0.116. The lowest BCUT2D eigenvalue weighted by Crippen LogP contribution is -2.16. The first-order valence-electron chi connectivity index (χ1n) is 7.95. The maximum absolute atomic E-state index is 12.0. The summed E-state index contributed by atoms with van der Waals surface area (Å²) >= 11 is 0. The molecule has 0 aliphatic heterocycles. The van der Waals surface area contributed by atoms with E-state index in [1.165, 1.54) is 5.56 Å². The van der Waals surface area contributed by atoms with Gasteiger partial charge >= 0.3 is 0 Å². The largest absolute Gasteiger partial charge is 0.497 e. The van der Waals surface area contributed by atoms with Crippen molar-refractivity contribution in [2.24, 2.45) is 0 Å². The monoisotopic (exact) mass is 328 g/mol. The summed E-state index contributed by atoms with van der Waals surface area (Å²) in [5.41, 5.74) is 8.14. The second-order valence-corrected chi connectivity index (χ2v) is 5.82. The molecule has 0 atom stereocenters. The molecule has 0 fully saturated rings. The van der Waals surface area contributed by atoms with Crippen LogP contribution in [0.25, 0.3) is 0 Å². The van der Waals surface area contributed by atoms with Crippen LogP contribution in [-0.4, -0.2) is 19.6 Å². The Labute approximate surface area is 142 Å². The van der Waals surface area contributed by atoms with Crippen molar-refractivity contribution in [1.29, 1.82) is 0 Å². The maximum atomic E-state index is 12.0. The molecule has 0 aliphatic carbocycles. The number of nitrogen functional groups attached to an aromatic ring is 1. The minimum Gasteiger partial charge on any atom is -0.497 e. The zero-order valence-corrected chi connectivity index (χ0v) is 14.3. The molecule has 3 N–H and O–H groups in total. The maximum Gasteiger partial charge on any atom is 0.227 e. The highest BCUT2D eigenvalue weighted by atomic mass is 16.5. The van der Waals surface area contributed by atoms with Crippen molar-refractivity contribution in [3.63, 3.8) is 0 Å². The summed E-state index contributed by atoms with van der Waals surface area (Å²) in [6.07, 6.45) is 0.239. The lowest BCUT2D eigenvalue weighted by atomic mass is 10.0. The van der Waals surface area contributed by atoms with Crippen molar-refractivity contribution in [3.8, 4) is 11.5 Å². The summed E-state index contributed by atoms with van der Waals surface area (Å²) in [4.78, 5) is 12.0. The third-order valence-corrected chi connectivity index (χ3v) is 3.68. The number of nitrogens with two attached hydrogens (primary N) is 1. The Hall–Kier alpha value is -2.69. The van der Waals surface area contributed by atoms with Crippen LogP contribution in [0, 0.1) is 0 Å². The highest BCUT2D eigenvalue weighted by molar-refractivity contribution is 5.94. The summed E-state index contributed by atoms with van der Waals surface area (Å²) in [5.74, 6) is 1.72. The van der Waals surface area contributed by atoms with Crippen molar-refractivity contribution in [3.05, 3.63) is 48.0 Å². The van der Waals surface area contributed by atoms with Gasteiger partial charge in [-0.25, -0.2) is 0 Å². The van der Waals surface area contributed by atoms with Crippen LogP contribution in [0.15, 0.2) is 42.5 Å². The zero-order chi connectivity index (χ0) is 17.5. The number of rotatable bonds is 7. The van der Waals surface area contributed by atoms with Crippen molar-refractivity contribution >= 4 is 17.3 Å². The Balaban J connectivity index is 1.83. The number of benzene rings is 2. The Morgan fingerprint density at radius 3 is 2.42 bits per heavy atom. The van der Waals surface area contributed by atoms with Gasteiger partial charge in [0.1, 0.15) is 11.5 Å². The fourth-order valence-corrected chi connectivity index (χ4v) is 2.19. The van der Waals surface area contributed by atoms with Gasteiger partial charge in [0.25, 0.3) is 0 Å². The van der Waals surface area contributed by atoms with Gasteiger partial charge < -0.3 is 20.5 Å². The van der Waals surface area contributed by atoms with Crippen LogP contribution in [0.5, 0.6) is 11.5 Å². The summed E-state index contributed by atoms with van der Waals surface area (Å²) in [5, 5.41) is 2.77. The molecule has 5 heteroatoms. The van der Waals surface area contributed by atoms with E-state index in [4.69, 9.17) is 15.2 Å².